The van der Waals surface area contributed by atoms with E-state index in [1.165, 1.54) is 5.56 Å². The van der Waals surface area contributed by atoms with E-state index in [2.05, 4.69) is 22.3 Å². The van der Waals surface area contributed by atoms with E-state index in [4.69, 9.17) is 0 Å². The van der Waals surface area contributed by atoms with E-state index in [1.807, 2.05) is 24.3 Å². The summed E-state index contributed by atoms with van der Waals surface area (Å²) in [5.74, 6) is -0.652. The fraction of sp³-hybridized carbons (Fsp3) is 0.136. The van der Waals surface area contributed by atoms with Crippen LogP contribution in [0.3, 0.4) is 0 Å². The Hall–Kier alpha value is -4.27. The molecule has 3 aromatic rings. The van der Waals surface area contributed by atoms with Crippen LogP contribution in [0.5, 0.6) is 0 Å². The second kappa shape index (κ2) is 8.23. The van der Waals surface area contributed by atoms with Gasteiger partial charge in [-0.1, -0.05) is 36.4 Å². The lowest BCUT2D eigenvalue weighted by atomic mass is 10.1. The van der Waals surface area contributed by atoms with Crippen LogP contribution in [0.1, 0.15) is 21.5 Å². The second-order valence-corrected chi connectivity index (χ2v) is 7.16. The number of nitro benzene ring substituents is 2. The first kappa shape index (κ1) is 20.0. The van der Waals surface area contributed by atoms with Crippen LogP contribution >= 0.6 is 0 Å². The van der Waals surface area contributed by atoms with Crippen LogP contribution in [0.25, 0.3) is 0 Å². The van der Waals surface area contributed by atoms with E-state index in [-0.39, 0.29) is 5.56 Å². The van der Waals surface area contributed by atoms with Gasteiger partial charge in [-0.05, 0) is 29.7 Å². The molecule has 0 aromatic heterocycles. The third kappa shape index (κ3) is 4.20. The van der Waals surface area contributed by atoms with Gasteiger partial charge in [0.25, 0.3) is 17.3 Å². The van der Waals surface area contributed by atoms with E-state index in [0.717, 1.165) is 42.4 Å². The van der Waals surface area contributed by atoms with Crippen LogP contribution < -0.4 is 10.2 Å². The first-order valence-corrected chi connectivity index (χ1v) is 9.58. The lowest BCUT2D eigenvalue weighted by molar-refractivity contribution is -0.394. The third-order valence-electron chi connectivity index (χ3n) is 5.20. The number of benzene rings is 3. The summed E-state index contributed by atoms with van der Waals surface area (Å²) in [6.07, 6.45) is 0.946. The number of rotatable bonds is 6. The van der Waals surface area contributed by atoms with E-state index >= 15 is 0 Å². The molecule has 1 N–H and O–H groups in total. The van der Waals surface area contributed by atoms with Crippen molar-refractivity contribution in [3.8, 4) is 0 Å². The Balaban J connectivity index is 1.59. The van der Waals surface area contributed by atoms with E-state index < -0.39 is 27.1 Å². The standard InChI is InChI=1S/C22H18N4O5/c27-22(17-11-18(25(28)29)13-19(12-17)26(30)31)23-20-7-3-1-6-16(20)14-24-10-9-15-5-2-4-8-21(15)24/h1-8,11-13H,9-10,14H2,(H,23,27). The van der Waals surface area contributed by atoms with E-state index in [0.29, 0.717) is 12.2 Å². The smallest absolute Gasteiger partial charge is 0.277 e. The van der Waals surface area contributed by atoms with Gasteiger partial charge in [0, 0.05) is 36.6 Å². The SMILES string of the molecule is O=C(Nc1ccccc1CN1CCc2ccccc21)c1cc([N+](=O)[O-])cc([N+](=O)[O-])c1. The molecule has 3 aromatic carbocycles. The van der Waals surface area contributed by atoms with Gasteiger partial charge in [0.1, 0.15) is 0 Å². The highest BCUT2D eigenvalue weighted by Gasteiger charge is 2.22. The molecule has 1 heterocycles. The van der Waals surface area contributed by atoms with E-state index in [1.54, 1.807) is 12.1 Å². The molecule has 0 saturated heterocycles. The lowest BCUT2D eigenvalue weighted by Crippen LogP contribution is -2.21. The monoisotopic (exact) mass is 418 g/mol. The highest BCUT2D eigenvalue weighted by Crippen LogP contribution is 2.30. The highest BCUT2D eigenvalue weighted by atomic mass is 16.6. The predicted octanol–water partition coefficient (Wildman–Crippen LogP) is 4.32. The van der Waals surface area contributed by atoms with Crippen LogP contribution in [-0.2, 0) is 13.0 Å². The number of hydrogen-bond acceptors (Lipinski definition) is 6. The van der Waals surface area contributed by atoms with Gasteiger partial charge in [0.2, 0.25) is 0 Å². The summed E-state index contributed by atoms with van der Waals surface area (Å²) >= 11 is 0. The number of amides is 1. The van der Waals surface area contributed by atoms with Gasteiger partial charge in [-0.25, -0.2) is 0 Å². The zero-order valence-corrected chi connectivity index (χ0v) is 16.4. The van der Waals surface area contributed by atoms with E-state index in [9.17, 15) is 25.0 Å². The van der Waals surface area contributed by atoms with Crippen LogP contribution in [0.2, 0.25) is 0 Å². The molecule has 1 aliphatic heterocycles. The van der Waals surface area contributed by atoms with Crippen molar-refractivity contribution in [2.75, 3.05) is 16.8 Å². The number of carbonyl (C=O) groups excluding carboxylic acids is 1. The number of nitrogens with zero attached hydrogens (tertiary/aromatic N) is 3. The van der Waals surface area contributed by atoms with Gasteiger partial charge in [-0.2, -0.15) is 0 Å². The van der Waals surface area contributed by atoms with Crippen molar-refractivity contribution in [2.45, 2.75) is 13.0 Å². The molecule has 0 atom stereocenters. The largest absolute Gasteiger partial charge is 0.367 e. The number of nitrogens with one attached hydrogen (secondary N) is 1. The Morgan fingerprint density at radius 1 is 0.935 bits per heavy atom. The number of anilines is 2. The molecule has 1 amide bonds. The summed E-state index contributed by atoms with van der Waals surface area (Å²) in [7, 11) is 0. The summed E-state index contributed by atoms with van der Waals surface area (Å²) in [6.45, 7) is 1.43. The van der Waals surface area contributed by atoms with Crippen molar-refractivity contribution in [3.05, 3.63) is 104 Å². The summed E-state index contributed by atoms with van der Waals surface area (Å²) in [4.78, 5) is 35.7. The molecule has 156 valence electrons. The molecule has 0 aliphatic carbocycles. The van der Waals surface area contributed by atoms with Gasteiger partial charge in [0.05, 0.1) is 21.5 Å². The van der Waals surface area contributed by atoms with Gasteiger partial charge in [-0.15, -0.1) is 0 Å². The van der Waals surface area contributed by atoms with Crippen LogP contribution in [0, 0.1) is 20.2 Å². The maximum Gasteiger partial charge on any atom is 0.277 e. The molecule has 31 heavy (non-hydrogen) atoms. The van der Waals surface area contributed by atoms with Crippen LogP contribution in [0.4, 0.5) is 22.7 Å². The molecule has 0 fully saturated rings. The molecule has 0 unspecified atom stereocenters. The predicted molar refractivity (Wildman–Crippen MR) is 115 cm³/mol. The zero-order valence-electron chi connectivity index (χ0n) is 16.4. The van der Waals surface area contributed by atoms with Crippen LogP contribution in [-0.4, -0.2) is 22.3 Å². The maximum absolute atomic E-state index is 12.8. The maximum atomic E-state index is 12.8. The van der Waals surface area contributed by atoms with Crippen molar-refractivity contribution in [2.24, 2.45) is 0 Å². The topological polar surface area (TPSA) is 119 Å². The summed E-state index contributed by atoms with van der Waals surface area (Å²) in [6, 6.07) is 18.3. The fourth-order valence-electron chi connectivity index (χ4n) is 3.69. The number of nitro groups is 2. The number of para-hydroxylation sites is 2. The van der Waals surface area contributed by atoms with Crippen LogP contribution in [0.15, 0.2) is 66.7 Å². The molecular weight excluding hydrogens is 400 g/mol. The summed E-state index contributed by atoms with van der Waals surface area (Å²) in [5.41, 5.74) is 2.66. The van der Waals surface area contributed by atoms with Gasteiger partial charge < -0.3 is 10.2 Å². The van der Waals surface area contributed by atoms with Crippen molar-refractivity contribution in [1.82, 2.24) is 0 Å². The number of non-ortho nitro benzene ring substituents is 2. The molecule has 0 spiro atoms. The molecule has 9 heteroatoms. The Kier molecular flexibility index (Phi) is 5.31. The number of hydrogen-bond donors (Lipinski definition) is 1. The van der Waals surface area contributed by atoms with Crippen molar-refractivity contribution in [3.63, 3.8) is 0 Å². The van der Waals surface area contributed by atoms with Crippen molar-refractivity contribution < 1.29 is 14.6 Å². The average molecular weight is 418 g/mol. The summed E-state index contributed by atoms with van der Waals surface area (Å²) in [5, 5.41) is 25.0. The first-order chi connectivity index (χ1) is 14.9. The Bertz CT molecular complexity index is 1160. The van der Waals surface area contributed by atoms with Gasteiger partial charge in [-0.3, -0.25) is 25.0 Å². The minimum Gasteiger partial charge on any atom is -0.367 e. The first-order valence-electron chi connectivity index (χ1n) is 9.58. The van der Waals surface area contributed by atoms with Crippen molar-refractivity contribution in [1.29, 1.82) is 0 Å². The molecule has 9 nitrogen and oxygen atoms in total. The Morgan fingerprint density at radius 2 is 1.58 bits per heavy atom. The average Bonchev–Trinajstić information content (AvgIpc) is 3.17. The fourth-order valence-corrected chi connectivity index (χ4v) is 3.69. The van der Waals surface area contributed by atoms with Gasteiger partial charge >= 0.3 is 0 Å². The molecule has 4 rings (SSSR count). The zero-order chi connectivity index (χ0) is 22.0. The quantitative estimate of drug-likeness (QED) is 0.470. The van der Waals surface area contributed by atoms with Crippen molar-refractivity contribution >= 4 is 28.7 Å². The molecule has 1 aliphatic rings. The third-order valence-corrected chi connectivity index (χ3v) is 5.20. The summed E-state index contributed by atoms with van der Waals surface area (Å²) < 4.78 is 0. The molecule has 0 saturated carbocycles. The lowest BCUT2D eigenvalue weighted by Gasteiger charge is -2.21. The number of carbonyl (C=O) groups is 1. The molecular formula is C22H18N4O5. The Labute approximate surface area is 177 Å². The Morgan fingerprint density at radius 3 is 2.29 bits per heavy atom. The molecule has 0 radical (unpaired) electrons. The van der Waals surface area contributed by atoms with Gasteiger partial charge in [0.15, 0.2) is 0 Å². The number of fused-ring (bicyclic) bond motifs is 1. The highest BCUT2D eigenvalue weighted by molar-refractivity contribution is 6.05. The normalized spacial score (nSPS) is 12.3. The second-order valence-electron chi connectivity index (χ2n) is 7.16. The minimum absolute atomic E-state index is 0.151. The molecule has 0 bridgehead atoms. The minimum atomic E-state index is -0.761.